The summed E-state index contributed by atoms with van der Waals surface area (Å²) < 4.78 is 3.19. The van der Waals surface area contributed by atoms with Gasteiger partial charge in [-0.3, -0.25) is 9.78 Å². The van der Waals surface area contributed by atoms with E-state index in [1.807, 2.05) is 19.1 Å². The van der Waals surface area contributed by atoms with Crippen LogP contribution in [0.3, 0.4) is 0 Å². The zero-order chi connectivity index (χ0) is 16.5. The molecule has 0 saturated carbocycles. The lowest BCUT2D eigenvalue weighted by molar-refractivity contribution is 0.102. The van der Waals surface area contributed by atoms with Crippen LogP contribution in [0.25, 0.3) is 11.3 Å². The van der Waals surface area contributed by atoms with E-state index in [1.54, 1.807) is 46.1 Å². The fraction of sp³-hybridized carbons (Fsp3) is 0.0625. The number of pyridine rings is 1. The second-order valence-electron chi connectivity index (χ2n) is 5.19. The maximum Gasteiger partial charge on any atom is 0.262 e. The summed E-state index contributed by atoms with van der Waals surface area (Å²) in [6, 6.07) is 7.23. The average molecular weight is 319 g/mol. The Hall–Kier alpha value is -3.55. The molecule has 0 unspecified atom stereocenters. The highest BCUT2D eigenvalue weighted by molar-refractivity contribution is 6.07. The molecule has 0 radical (unpaired) electrons. The van der Waals surface area contributed by atoms with Gasteiger partial charge >= 0.3 is 0 Å². The Balaban J connectivity index is 1.70. The van der Waals surface area contributed by atoms with Crippen LogP contribution in [0.1, 0.15) is 16.1 Å². The number of hydrogen-bond acceptors (Lipinski definition) is 5. The first-order valence-electron chi connectivity index (χ1n) is 7.29. The van der Waals surface area contributed by atoms with Gasteiger partial charge in [0, 0.05) is 24.7 Å². The Labute approximate surface area is 136 Å². The van der Waals surface area contributed by atoms with Crippen molar-refractivity contribution in [3.8, 4) is 5.69 Å². The maximum atomic E-state index is 12.6. The van der Waals surface area contributed by atoms with Gasteiger partial charge < -0.3 is 5.32 Å². The molecule has 4 rings (SSSR count). The van der Waals surface area contributed by atoms with Crippen LogP contribution in [0.5, 0.6) is 0 Å². The van der Waals surface area contributed by atoms with Crippen molar-refractivity contribution in [2.75, 3.05) is 5.32 Å². The van der Waals surface area contributed by atoms with E-state index in [-0.39, 0.29) is 5.91 Å². The Morgan fingerprint density at radius 2 is 2.12 bits per heavy atom. The topological polar surface area (TPSA) is 90.0 Å². The van der Waals surface area contributed by atoms with E-state index in [4.69, 9.17) is 0 Å². The molecular weight excluding hydrogens is 306 g/mol. The smallest absolute Gasteiger partial charge is 0.262 e. The predicted molar refractivity (Wildman–Crippen MR) is 87.0 cm³/mol. The van der Waals surface area contributed by atoms with Crippen molar-refractivity contribution in [3.05, 3.63) is 66.5 Å². The van der Waals surface area contributed by atoms with Crippen LogP contribution in [0, 0.1) is 6.92 Å². The minimum atomic E-state index is -0.297. The molecule has 0 bridgehead atoms. The number of aryl methyl sites for hydroxylation is 1. The van der Waals surface area contributed by atoms with Crippen molar-refractivity contribution >= 4 is 17.4 Å². The monoisotopic (exact) mass is 319 g/mol. The van der Waals surface area contributed by atoms with Crippen molar-refractivity contribution in [2.45, 2.75) is 6.92 Å². The summed E-state index contributed by atoms with van der Waals surface area (Å²) >= 11 is 0. The minimum Gasteiger partial charge on any atom is -0.306 e. The zero-order valence-corrected chi connectivity index (χ0v) is 12.8. The van der Waals surface area contributed by atoms with Crippen molar-refractivity contribution in [3.63, 3.8) is 0 Å². The van der Waals surface area contributed by atoms with Gasteiger partial charge in [-0.1, -0.05) is 0 Å². The first-order chi connectivity index (χ1) is 11.7. The normalized spacial score (nSPS) is 10.9. The number of carbonyl (C=O) groups excluding carboxylic acids is 1. The molecule has 0 fully saturated rings. The van der Waals surface area contributed by atoms with Crippen molar-refractivity contribution in [1.82, 2.24) is 29.4 Å². The van der Waals surface area contributed by atoms with Gasteiger partial charge in [-0.05, 0) is 25.1 Å². The summed E-state index contributed by atoms with van der Waals surface area (Å²) in [6.07, 6.45) is 8.22. The van der Waals surface area contributed by atoms with Crippen molar-refractivity contribution < 1.29 is 4.79 Å². The van der Waals surface area contributed by atoms with Gasteiger partial charge in [0.1, 0.15) is 11.4 Å². The van der Waals surface area contributed by atoms with Gasteiger partial charge in [-0.15, -0.1) is 0 Å². The summed E-state index contributed by atoms with van der Waals surface area (Å²) in [4.78, 5) is 20.9. The maximum absolute atomic E-state index is 12.6. The molecule has 0 aliphatic heterocycles. The summed E-state index contributed by atoms with van der Waals surface area (Å²) in [5, 5.41) is 11.4. The molecular formula is C16H13N7O. The van der Waals surface area contributed by atoms with E-state index in [0.29, 0.717) is 17.0 Å². The highest BCUT2D eigenvalue weighted by Gasteiger charge is 2.16. The van der Waals surface area contributed by atoms with Crippen LogP contribution in [0.15, 0.2) is 55.2 Å². The minimum absolute atomic E-state index is 0.297. The summed E-state index contributed by atoms with van der Waals surface area (Å²) in [7, 11) is 0. The van der Waals surface area contributed by atoms with Crippen LogP contribution >= 0.6 is 0 Å². The molecule has 0 aromatic carbocycles. The summed E-state index contributed by atoms with van der Waals surface area (Å²) in [5.41, 5.74) is 2.44. The molecule has 1 N–H and O–H groups in total. The molecule has 1 amide bonds. The Kier molecular flexibility index (Phi) is 3.27. The third-order valence-electron chi connectivity index (χ3n) is 3.49. The fourth-order valence-electron chi connectivity index (χ4n) is 2.44. The molecule has 0 spiro atoms. The molecule has 118 valence electrons. The van der Waals surface area contributed by atoms with E-state index < -0.39 is 0 Å². The van der Waals surface area contributed by atoms with E-state index in [1.165, 1.54) is 6.20 Å². The van der Waals surface area contributed by atoms with E-state index in [0.717, 1.165) is 11.4 Å². The lowest BCUT2D eigenvalue weighted by Crippen LogP contribution is -2.15. The van der Waals surface area contributed by atoms with Crippen LogP contribution in [0.4, 0.5) is 5.82 Å². The van der Waals surface area contributed by atoms with Gasteiger partial charge in [-0.2, -0.15) is 10.2 Å². The van der Waals surface area contributed by atoms with Gasteiger partial charge in [0.05, 0.1) is 23.8 Å². The summed E-state index contributed by atoms with van der Waals surface area (Å²) in [6.45, 7) is 1.86. The standard InChI is InChI=1S/C16H13N7O/c1-11-8-14(23(21-11)12-4-2-5-17-9-12)20-16(24)13-10-19-22-7-3-6-18-15(13)22/h2-10H,1H3,(H,20,24). The molecule has 4 heterocycles. The average Bonchev–Trinajstić information content (AvgIpc) is 3.19. The highest BCUT2D eigenvalue weighted by atomic mass is 16.1. The van der Waals surface area contributed by atoms with E-state index in [9.17, 15) is 4.79 Å². The fourth-order valence-corrected chi connectivity index (χ4v) is 2.44. The molecule has 4 aromatic heterocycles. The van der Waals surface area contributed by atoms with Crippen LogP contribution in [-0.4, -0.2) is 35.3 Å². The molecule has 0 aliphatic carbocycles. The number of nitrogens with zero attached hydrogens (tertiary/aromatic N) is 6. The largest absolute Gasteiger partial charge is 0.306 e. The Morgan fingerprint density at radius 1 is 1.21 bits per heavy atom. The second kappa shape index (κ2) is 5.58. The van der Waals surface area contributed by atoms with Crippen molar-refractivity contribution in [2.24, 2.45) is 0 Å². The van der Waals surface area contributed by atoms with Crippen LogP contribution < -0.4 is 5.32 Å². The van der Waals surface area contributed by atoms with Crippen LogP contribution in [0.2, 0.25) is 0 Å². The number of nitrogens with one attached hydrogen (secondary N) is 1. The number of carbonyl (C=O) groups is 1. The lowest BCUT2D eigenvalue weighted by Gasteiger charge is -2.07. The highest BCUT2D eigenvalue weighted by Crippen LogP contribution is 2.18. The molecule has 8 nitrogen and oxygen atoms in total. The third kappa shape index (κ3) is 2.39. The van der Waals surface area contributed by atoms with Crippen molar-refractivity contribution in [1.29, 1.82) is 0 Å². The Morgan fingerprint density at radius 3 is 2.96 bits per heavy atom. The molecule has 8 heteroatoms. The number of fused-ring (bicyclic) bond motifs is 1. The predicted octanol–water partition coefficient (Wildman–Crippen LogP) is 1.87. The number of anilines is 1. The molecule has 24 heavy (non-hydrogen) atoms. The molecule has 4 aromatic rings. The van der Waals surface area contributed by atoms with Gasteiger partial charge in [0.15, 0.2) is 5.65 Å². The summed E-state index contributed by atoms with van der Waals surface area (Å²) in [5.74, 6) is 0.259. The number of aromatic nitrogens is 6. The van der Waals surface area contributed by atoms with Gasteiger partial charge in [0.2, 0.25) is 0 Å². The quantitative estimate of drug-likeness (QED) is 0.622. The van der Waals surface area contributed by atoms with Gasteiger partial charge in [-0.25, -0.2) is 14.2 Å². The molecule has 0 aliphatic rings. The second-order valence-corrected chi connectivity index (χ2v) is 5.19. The lowest BCUT2D eigenvalue weighted by atomic mass is 10.3. The molecule has 0 saturated heterocycles. The number of amides is 1. The van der Waals surface area contributed by atoms with Crippen LogP contribution in [-0.2, 0) is 0 Å². The first-order valence-corrected chi connectivity index (χ1v) is 7.29. The first kappa shape index (κ1) is 14.1. The van der Waals surface area contributed by atoms with E-state index in [2.05, 4.69) is 25.5 Å². The number of rotatable bonds is 3. The third-order valence-corrected chi connectivity index (χ3v) is 3.49. The van der Waals surface area contributed by atoms with Gasteiger partial charge in [0.25, 0.3) is 5.91 Å². The zero-order valence-electron chi connectivity index (χ0n) is 12.8. The molecule has 0 atom stereocenters. The number of hydrogen-bond donors (Lipinski definition) is 1. The van der Waals surface area contributed by atoms with E-state index >= 15 is 0 Å². The SMILES string of the molecule is Cc1cc(NC(=O)c2cnn3cccnc23)n(-c2cccnc2)n1. The Bertz CT molecular complexity index is 1020.